The number of hydrogen-bond donors (Lipinski definition) is 2. The molecule has 2 aliphatic rings. The molecule has 2 unspecified atom stereocenters. The molecule has 2 saturated heterocycles. The topological polar surface area (TPSA) is 24.1 Å². The minimum atomic E-state index is 0.0374. The van der Waals surface area contributed by atoms with E-state index in [1.54, 1.807) is 0 Å². The lowest BCUT2D eigenvalue weighted by Crippen LogP contribution is -2.41. The molecule has 2 fully saturated rings. The van der Waals surface area contributed by atoms with Crippen molar-refractivity contribution in [3.8, 4) is 0 Å². The molecule has 2 atom stereocenters. The number of hydrogen-bond acceptors (Lipinski definition) is 2. The molecule has 0 saturated carbocycles. The first kappa shape index (κ1) is 15.5. The van der Waals surface area contributed by atoms with Crippen molar-refractivity contribution in [1.29, 1.82) is 0 Å². The number of piperidine rings is 1. The third kappa shape index (κ3) is 3.88. The van der Waals surface area contributed by atoms with Gasteiger partial charge in [0.15, 0.2) is 0 Å². The number of rotatable bonds is 5. The van der Waals surface area contributed by atoms with Gasteiger partial charge < -0.3 is 10.6 Å². The van der Waals surface area contributed by atoms with Gasteiger partial charge in [-0.15, -0.1) is 0 Å². The highest BCUT2D eigenvalue weighted by Crippen LogP contribution is 2.32. The van der Waals surface area contributed by atoms with Crippen LogP contribution in [0.4, 0.5) is 0 Å². The predicted octanol–water partition coefficient (Wildman–Crippen LogP) is 4.19. The number of nitrogens with one attached hydrogen (secondary N) is 2. The summed E-state index contributed by atoms with van der Waals surface area (Å²) in [5.41, 5.74) is 1.39. The van der Waals surface area contributed by atoms with Crippen molar-refractivity contribution in [2.45, 2.75) is 63.6 Å². The zero-order valence-corrected chi connectivity index (χ0v) is 14.7. The third-order valence-corrected chi connectivity index (χ3v) is 5.73. The van der Waals surface area contributed by atoms with E-state index in [0.29, 0.717) is 0 Å². The second-order valence-electron chi connectivity index (χ2n) is 7.33. The van der Waals surface area contributed by atoms with Gasteiger partial charge in [-0.05, 0) is 76.1 Å². The molecule has 0 radical (unpaired) electrons. The van der Waals surface area contributed by atoms with Gasteiger partial charge in [0, 0.05) is 22.1 Å². The summed E-state index contributed by atoms with van der Waals surface area (Å²) < 4.78 is 1.16. The van der Waals surface area contributed by atoms with E-state index in [0.717, 1.165) is 29.0 Å². The molecule has 3 rings (SSSR count). The molecular weight excluding hydrogens is 324 g/mol. The molecule has 0 spiro atoms. The molecule has 0 aromatic heterocycles. The summed E-state index contributed by atoms with van der Waals surface area (Å²) in [5.74, 6) is 0.912. The molecule has 2 heterocycles. The Morgan fingerprint density at radius 2 is 1.95 bits per heavy atom. The van der Waals surface area contributed by atoms with Crippen molar-refractivity contribution in [2.75, 3.05) is 6.54 Å². The summed E-state index contributed by atoms with van der Waals surface area (Å²) in [5, 5.41) is 7.49. The normalized spacial score (nSPS) is 28.8. The maximum absolute atomic E-state index is 3.76. The van der Waals surface area contributed by atoms with Gasteiger partial charge in [-0.2, -0.15) is 0 Å². The molecular formula is C18H27BrN2. The van der Waals surface area contributed by atoms with E-state index in [2.05, 4.69) is 64.7 Å². The lowest BCUT2D eigenvalue weighted by atomic mass is 9.88. The Bertz CT molecular complexity index is 474. The van der Waals surface area contributed by atoms with Crippen LogP contribution in [0.15, 0.2) is 28.7 Å². The number of halogens is 1. The highest BCUT2D eigenvalue weighted by atomic mass is 79.9. The van der Waals surface area contributed by atoms with Crippen LogP contribution in [-0.4, -0.2) is 18.6 Å². The largest absolute Gasteiger partial charge is 0.311 e. The molecule has 2 bridgehead atoms. The lowest BCUT2D eigenvalue weighted by Gasteiger charge is -2.31. The van der Waals surface area contributed by atoms with Crippen LogP contribution in [0, 0.1) is 5.92 Å². The molecule has 21 heavy (non-hydrogen) atoms. The fourth-order valence-electron chi connectivity index (χ4n) is 3.98. The van der Waals surface area contributed by atoms with Gasteiger partial charge in [0.2, 0.25) is 0 Å². The van der Waals surface area contributed by atoms with Gasteiger partial charge in [0.1, 0.15) is 0 Å². The van der Waals surface area contributed by atoms with E-state index in [-0.39, 0.29) is 5.54 Å². The molecule has 1 aromatic carbocycles. The van der Waals surface area contributed by atoms with E-state index in [1.807, 2.05) is 0 Å². The molecule has 2 aliphatic heterocycles. The monoisotopic (exact) mass is 350 g/mol. The minimum Gasteiger partial charge on any atom is -0.311 e. The Morgan fingerprint density at radius 3 is 2.62 bits per heavy atom. The Morgan fingerprint density at radius 1 is 1.24 bits per heavy atom. The van der Waals surface area contributed by atoms with Crippen molar-refractivity contribution >= 4 is 15.9 Å². The van der Waals surface area contributed by atoms with E-state index >= 15 is 0 Å². The van der Waals surface area contributed by atoms with Gasteiger partial charge in [-0.1, -0.05) is 28.1 Å². The van der Waals surface area contributed by atoms with Gasteiger partial charge in [0.05, 0.1) is 0 Å². The molecule has 3 heteroatoms. The van der Waals surface area contributed by atoms with Crippen LogP contribution < -0.4 is 10.6 Å². The van der Waals surface area contributed by atoms with E-state index in [9.17, 15) is 0 Å². The SMILES string of the molecule is CC(C)(NCCC1CC2CCC(C1)N2)c1cccc(Br)c1. The molecule has 1 aromatic rings. The number of fused-ring (bicyclic) bond motifs is 2. The quantitative estimate of drug-likeness (QED) is 0.831. The lowest BCUT2D eigenvalue weighted by molar-refractivity contribution is 0.272. The second kappa shape index (κ2) is 6.39. The zero-order valence-electron chi connectivity index (χ0n) is 13.2. The molecule has 2 nitrogen and oxygen atoms in total. The summed E-state index contributed by atoms with van der Waals surface area (Å²) >= 11 is 3.57. The van der Waals surface area contributed by atoms with Crippen LogP contribution in [0.5, 0.6) is 0 Å². The first-order chi connectivity index (χ1) is 10.0. The molecule has 116 valence electrons. The Hall–Kier alpha value is -0.380. The Labute approximate surface area is 137 Å². The van der Waals surface area contributed by atoms with Crippen molar-refractivity contribution in [1.82, 2.24) is 10.6 Å². The van der Waals surface area contributed by atoms with Crippen LogP contribution in [0.3, 0.4) is 0 Å². The van der Waals surface area contributed by atoms with Crippen molar-refractivity contribution in [3.63, 3.8) is 0 Å². The Balaban J connectivity index is 1.50. The maximum atomic E-state index is 3.76. The maximum Gasteiger partial charge on any atom is 0.0377 e. The van der Waals surface area contributed by atoms with E-state index in [1.165, 1.54) is 37.7 Å². The predicted molar refractivity (Wildman–Crippen MR) is 92.5 cm³/mol. The first-order valence-electron chi connectivity index (χ1n) is 8.30. The summed E-state index contributed by atoms with van der Waals surface area (Å²) in [6, 6.07) is 10.3. The third-order valence-electron chi connectivity index (χ3n) is 5.24. The van der Waals surface area contributed by atoms with Gasteiger partial charge in [-0.3, -0.25) is 0 Å². The zero-order chi connectivity index (χ0) is 14.9. The summed E-state index contributed by atoms with van der Waals surface area (Å²) in [6.07, 6.45) is 6.88. The van der Waals surface area contributed by atoms with Crippen LogP contribution >= 0.6 is 15.9 Å². The van der Waals surface area contributed by atoms with Gasteiger partial charge in [0.25, 0.3) is 0 Å². The summed E-state index contributed by atoms with van der Waals surface area (Å²) in [4.78, 5) is 0. The fourth-order valence-corrected chi connectivity index (χ4v) is 4.38. The molecule has 2 N–H and O–H groups in total. The van der Waals surface area contributed by atoms with Crippen LogP contribution in [0.1, 0.15) is 51.5 Å². The van der Waals surface area contributed by atoms with Crippen LogP contribution in [0.2, 0.25) is 0 Å². The minimum absolute atomic E-state index is 0.0374. The van der Waals surface area contributed by atoms with E-state index < -0.39 is 0 Å². The van der Waals surface area contributed by atoms with Crippen LogP contribution in [0.25, 0.3) is 0 Å². The van der Waals surface area contributed by atoms with Crippen LogP contribution in [-0.2, 0) is 5.54 Å². The molecule has 0 amide bonds. The van der Waals surface area contributed by atoms with Gasteiger partial charge >= 0.3 is 0 Å². The fraction of sp³-hybridized carbons (Fsp3) is 0.667. The second-order valence-corrected chi connectivity index (χ2v) is 8.24. The van der Waals surface area contributed by atoms with E-state index in [4.69, 9.17) is 0 Å². The summed E-state index contributed by atoms with van der Waals surface area (Å²) in [6.45, 7) is 5.67. The summed E-state index contributed by atoms with van der Waals surface area (Å²) in [7, 11) is 0. The Kier molecular flexibility index (Phi) is 4.72. The standard InChI is InChI=1S/C18H27BrN2/c1-18(2,14-4-3-5-15(19)12-14)20-9-8-13-10-16-6-7-17(11-13)21-16/h3-5,12-13,16-17,20-21H,6-11H2,1-2H3. The highest BCUT2D eigenvalue weighted by molar-refractivity contribution is 9.10. The smallest absolute Gasteiger partial charge is 0.0377 e. The van der Waals surface area contributed by atoms with Crippen molar-refractivity contribution in [3.05, 3.63) is 34.3 Å². The number of benzene rings is 1. The van der Waals surface area contributed by atoms with Gasteiger partial charge in [-0.25, -0.2) is 0 Å². The average Bonchev–Trinajstić information content (AvgIpc) is 2.78. The highest BCUT2D eigenvalue weighted by Gasteiger charge is 2.33. The van der Waals surface area contributed by atoms with Crippen molar-refractivity contribution < 1.29 is 0 Å². The average molecular weight is 351 g/mol. The molecule has 0 aliphatic carbocycles. The first-order valence-corrected chi connectivity index (χ1v) is 9.09. The van der Waals surface area contributed by atoms with Crippen molar-refractivity contribution in [2.24, 2.45) is 5.92 Å².